The summed E-state index contributed by atoms with van der Waals surface area (Å²) in [5.41, 5.74) is 0. The molecule has 2 atom stereocenters. The molecule has 0 spiro atoms. The van der Waals surface area contributed by atoms with Crippen molar-refractivity contribution in [1.82, 2.24) is 5.32 Å². The van der Waals surface area contributed by atoms with Crippen LogP contribution in [0.3, 0.4) is 0 Å². The molecule has 0 unspecified atom stereocenters. The molecule has 1 saturated heterocycles. The third kappa shape index (κ3) is 2.19. The maximum atomic E-state index is 11.2. The molecule has 4 nitrogen and oxygen atoms in total. The number of carbonyl (C=O) groups excluding carboxylic acids is 1. The lowest BCUT2D eigenvalue weighted by atomic mass is 9.95. The van der Waals surface area contributed by atoms with Crippen LogP contribution >= 0.6 is 0 Å². The highest BCUT2D eigenvalue weighted by atomic mass is 16.5. The lowest BCUT2D eigenvalue weighted by molar-refractivity contribution is -0.153. The maximum absolute atomic E-state index is 11.2. The van der Waals surface area contributed by atoms with E-state index >= 15 is 0 Å². The Morgan fingerprint density at radius 1 is 1.75 bits per heavy atom. The normalized spacial score (nSPS) is 29.8. The van der Waals surface area contributed by atoms with Crippen molar-refractivity contribution in [3.8, 4) is 0 Å². The number of piperidine rings is 1. The second kappa shape index (κ2) is 4.42. The largest absolute Gasteiger partial charge is 0.466 e. The summed E-state index contributed by atoms with van der Waals surface area (Å²) >= 11 is 0. The van der Waals surface area contributed by atoms with E-state index in [0.717, 1.165) is 6.54 Å². The fraction of sp³-hybridized carbons (Fsp3) is 0.875. The van der Waals surface area contributed by atoms with Gasteiger partial charge in [-0.1, -0.05) is 0 Å². The number of esters is 1. The van der Waals surface area contributed by atoms with Crippen molar-refractivity contribution in [2.45, 2.75) is 19.4 Å². The molecule has 4 heteroatoms. The van der Waals surface area contributed by atoms with E-state index in [9.17, 15) is 9.90 Å². The summed E-state index contributed by atoms with van der Waals surface area (Å²) in [6.07, 6.45) is 0.0813. The van der Waals surface area contributed by atoms with E-state index in [0.29, 0.717) is 19.6 Å². The number of hydrogen-bond acceptors (Lipinski definition) is 4. The zero-order valence-corrected chi connectivity index (χ0v) is 7.25. The predicted molar refractivity (Wildman–Crippen MR) is 43.6 cm³/mol. The second-order valence-electron chi connectivity index (χ2n) is 2.92. The smallest absolute Gasteiger partial charge is 0.311 e. The Morgan fingerprint density at radius 2 is 2.50 bits per heavy atom. The minimum atomic E-state index is -0.585. The van der Waals surface area contributed by atoms with E-state index in [1.54, 1.807) is 6.92 Å². The molecule has 1 rings (SSSR count). The molecule has 0 radical (unpaired) electrons. The fourth-order valence-electron chi connectivity index (χ4n) is 1.37. The van der Waals surface area contributed by atoms with Crippen LogP contribution in [0.4, 0.5) is 0 Å². The average Bonchev–Trinajstić information content (AvgIpc) is 2.05. The Hall–Kier alpha value is -0.610. The van der Waals surface area contributed by atoms with E-state index in [1.165, 1.54) is 0 Å². The van der Waals surface area contributed by atoms with Gasteiger partial charge >= 0.3 is 5.97 Å². The molecule has 0 bridgehead atoms. The van der Waals surface area contributed by atoms with Crippen molar-refractivity contribution >= 4 is 5.97 Å². The van der Waals surface area contributed by atoms with Crippen LogP contribution in [-0.4, -0.2) is 36.9 Å². The third-order valence-electron chi connectivity index (χ3n) is 2.04. The van der Waals surface area contributed by atoms with Gasteiger partial charge in [-0.25, -0.2) is 0 Å². The van der Waals surface area contributed by atoms with Crippen LogP contribution in [-0.2, 0) is 9.53 Å². The minimum absolute atomic E-state index is 0.272. The number of β-amino-alcohol motifs (C(OH)–C–C–N with tert-alkyl or cyclic N) is 1. The van der Waals surface area contributed by atoms with E-state index in [-0.39, 0.29) is 11.9 Å². The number of aliphatic hydroxyl groups excluding tert-OH is 1. The average molecular weight is 173 g/mol. The molecule has 0 aromatic rings. The predicted octanol–water partition coefficient (Wildman–Crippen LogP) is -0.480. The molecule has 2 N–H and O–H groups in total. The Kier molecular flexibility index (Phi) is 3.49. The molecule has 12 heavy (non-hydrogen) atoms. The molecule has 1 heterocycles. The van der Waals surface area contributed by atoms with Crippen molar-refractivity contribution in [2.75, 3.05) is 19.7 Å². The lowest BCUT2D eigenvalue weighted by Gasteiger charge is -2.26. The standard InChI is InChI=1S/C8H15NO3/c1-2-12-8(11)6-3-4-9-5-7(6)10/h6-7,9-10H,2-5H2,1H3/t6-,7-/m1/s1. The molecule has 1 fully saturated rings. The van der Waals surface area contributed by atoms with Crippen molar-refractivity contribution < 1.29 is 14.6 Å². The van der Waals surface area contributed by atoms with Crippen LogP contribution in [0.15, 0.2) is 0 Å². The monoisotopic (exact) mass is 173 g/mol. The van der Waals surface area contributed by atoms with Gasteiger partial charge in [0.05, 0.1) is 18.6 Å². The van der Waals surface area contributed by atoms with Crippen LogP contribution in [0, 0.1) is 5.92 Å². The van der Waals surface area contributed by atoms with Gasteiger partial charge in [0.25, 0.3) is 0 Å². The number of rotatable bonds is 2. The van der Waals surface area contributed by atoms with Crippen molar-refractivity contribution in [3.05, 3.63) is 0 Å². The Morgan fingerprint density at radius 3 is 3.08 bits per heavy atom. The van der Waals surface area contributed by atoms with Crippen LogP contribution in [0.1, 0.15) is 13.3 Å². The summed E-state index contributed by atoms with van der Waals surface area (Å²) in [7, 11) is 0. The first-order chi connectivity index (χ1) is 5.75. The lowest BCUT2D eigenvalue weighted by Crippen LogP contribution is -2.44. The Balaban J connectivity index is 2.42. The fourth-order valence-corrected chi connectivity index (χ4v) is 1.37. The molecular formula is C8H15NO3. The van der Waals surface area contributed by atoms with Gasteiger partial charge in [-0.3, -0.25) is 4.79 Å². The van der Waals surface area contributed by atoms with Gasteiger partial charge in [-0.05, 0) is 19.9 Å². The number of ether oxygens (including phenoxy) is 1. The first kappa shape index (κ1) is 9.48. The van der Waals surface area contributed by atoms with Gasteiger partial charge in [0.2, 0.25) is 0 Å². The van der Waals surface area contributed by atoms with E-state index in [1.807, 2.05) is 0 Å². The highest BCUT2D eigenvalue weighted by Gasteiger charge is 2.30. The van der Waals surface area contributed by atoms with E-state index in [2.05, 4.69) is 5.32 Å². The molecule has 1 aliphatic rings. The van der Waals surface area contributed by atoms with Gasteiger partial charge in [-0.15, -0.1) is 0 Å². The molecule has 0 aromatic carbocycles. The number of carbonyl (C=O) groups is 1. The zero-order valence-electron chi connectivity index (χ0n) is 7.25. The van der Waals surface area contributed by atoms with E-state index < -0.39 is 6.10 Å². The summed E-state index contributed by atoms with van der Waals surface area (Å²) in [6.45, 7) is 3.42. The molecular weight excluding hydrogens is 158 g/mol. The Bertz CT molecular complexity index is 160. The van der Waals surface area contributed by atoms with E-state index in [4.69, 9.17) is 4.74 Å². The van der Waals surface area contributed by atoms with Gasteiger partial charge in [-0.2, -0.15) is 0 Å². The summed E-state index contributed by atoms with van der Waals surface area (Å²) in [5, 5.41) is 12.4. The van der Waals surface area contributed by atoms with Crippen LogP contribution < -0.4 is 5.32 Å². The number of nitrogens with one attached hydrogen (secondary N) is 1. The van der Waals surface area contributed by atoms with Gasteiger partial charge in [0.15, 0.2) is 0 Å². The van der Waals surface area contributed by atoms with Crippen molar-refractivity contribution in [2.24, 2.45) is 5.92 Å². The topological polar surface area (TPSA) is 58.6 Å². The molecule has 1 aliphatic heterocycles. The zero-order chi connectivity index (χ0) is 8.97. The summed E-state index contributed by atoms with van der Waals surface area (Å²) in [5.74, 6) is -0.599. The first-order valence-electron chi connectivity index (χ1n) is 4.31. The number of aliphatic hydroxyl groups is 1. The second-order valence-corrected chi connectivity index (χ2v) is 2.92. The van der Waals surface area contributed by atoms with Gasteiger partial charge in [0.1, 0.15) is 0 Å². The number of hydrogen-bond donors (Lipinski definition) is 2. The maximum Gasteiger partial charge on any atom is 0.311 e. The minimum Gasteiger partial charge on any atom is -0.466 e. The molecule has 0 aromatic heterocycles. The summed E-state index contributed by atoms with van der Waals surface area (Å²) in [4.78, 5) is 11.2. The molecule has 0 saturated carbocycles. The van der Waals surface area contributed by atoms with Crippen molar-refractivity contribution in [3.63, 3.8) is 0 Å². The van der Waals surface area contributed by atoms with Crippen LogP contribution in [0.2, 0.25) is 0 Å². The third-order valence-corrected chi connectivity index (χ3v) is 2.04. The van der Waals surface area contributed by atoms with Crippen LogP contribution in [0.25, 0.3) is 0 Å². The van der Waals surface area contributed by atoms with Crippen molar-refractivity contribution in [1.29, 1.82) is 0 Å². The quantitative estimate of drug-likeness (QED) is 0.554. The van der Waals surface area contributed by atoms with Crippen LogP contribution in [0.5, 0.6) is 0 Å². The Labute approximate surface area is 71.9 Å². The molecule has 70 valence electrons. The van der Waals surface area contributed by atoms with Gasteiger partial charge < -0.3 is 15.2 Å². The highest BCUT2D eigenvalue weighted by Crippen LogP contribution is 2.13. The molecule has 0 amide bonds. The first-order valence-corrected chi connectivity index (χ1v) is 4.31. The van der Waals surface area contributed by atoms with Gasteiger partial charge in [0, 0.05) is 6.54 Å². The molecule has 0 aliphatic carbocycles. The summed E-state index contributed by atoms with van der Waals surface area (Å²) in [6, 6.07) is 0. The highest BCUT2D eigenvalue weighted by molar-refractivity contribution is 5.73. The summed E-state index contributed by atoms with van der Waals surface area (Å²) < 4.78 is 4.83. The SMILES string of the molecule is CCOC(=O)[C@@H]1CCNC[C@H]1O.